The Morgan fingerprint density at radius 2 is 1.87 bits per heavy atom. The molecular formula is C25H34ClN3O2. The average molecular weight is 444 g/mol. The molecule has 2 aromatic rings. The molecule has 0 saturated heterocycles. The maximum Gasteiger partial charge on any atom is 0.258 e. The summed E-state index contributed by atoms with van der Waals surface area (Å²) in [5.74, 6) is 0.0342. The van der Waals surface area contributed by atoms with E-state index in [0.717, 1.165) is 23.8 Å². The summed E-state index contributed by atoms with van der Waals surface area (Å²) in [5.41, 5.74) is 3.86. The van der Waals surface area contributed by atoms with E-state index >= 15 is 0 Å². The first-order chi connectivity index (χ1) is 14.7. The summed E-state index contributed by atoms with van der Waals surface area (Å²) >= 11 is 5.99. The Morgan fingerprint density at radius 3 is 2.42 bits per heavy atom. The number of allylic oxidation sites excluding steroid dienone is 4. The first-order valence-electron chi connectivity index (χ1n) is 10.9. The minimum atomic E-state index is -0.153. The molecule has 2 heterocycles. The monoisotopic (exact) mass is 443 g/mol. The highest BCUT2D eigenvalue weighted by Gasteiger charge is 2.16. The van der Waals surface area contributed by atoms with Crippen molar-refractivity contribution in [2.75, 3.05) is 0 Å². The first-order valence-corrected chi connectivity index (χ1v) is 11.2. The van der Waals surface area contributed by atoms with E-state index < -0.39 is 0 Å². The number of rotatable bonds is 7. The molecule has 0 amide bonds. The number of aliphatic imine (C=N–C) groups is 1. The molecule has 0 radical (unpaired) electrons. The molecule has 0 aliphatic rings. The molecule has 0 aromatic carbocycles. The summed E-state index contributed by atoms with van der Waals surface area (Å²) in [6, 6.07) is 3.48. The lowest BCUT2D eigenvalue weighted by Crippen LogP contribution is -2.22. The number of halogens is 1. The first kappa shape index (κ1) is 26.5. The van der Waals surface area contributed by atoms with Crippen LogP contribution in [0.2, 0.25) is 5.15 Å². The van der Waals surface area contributed by atoms with E-state index in [9.17, 15) is 9.59 Å². The second-order valence-corrected chi connectivity index (χ2v) is 7.43. The van der Waals surface area contributed by atoms with Gasteiger partial charge in [0, 0.05) is 41.9 Å². The van der Waals surface area contributed by atoms with Crippen LogP contribution >= 0.6 is 11.6 Å². The number of nitrogens with zero attached hydrogens (tertiary/aromatic N) is 3. The van der Waals surface area contributed by atoms with Crippen molar-refractivity contribution in [2.45, 2.75) is 67.7 Å². The fraction of sp³-hybridized carbons (Fsp3) is 0.440. The van der Waals surface area contributed by atoms with Crippen LogP contribution in [0.4, 0.5) is 0 Å². The Kier molecular flexibility index (Phi) is 10.6. The molecule has 6 heteroatoms. The maximum absolute atomic E-state index is 13.0. The highest BCUT2D eigenvalue weighted by Crippen LogP contribution is 2.22. The summed E-state index contributed by atoms with van der Waals surface area (Å²) in [5, 5.41) is 1.14. The van der Waals surface area contributed by atoms with Crippen LogP contribution in [0.25, 0.3) is 16.5 Å². The molecule has 0 bridgehead atoms. The second kappa shape index (κ2) is 12.4. The topological polar surface area (TPSA) is 64.3 Å². The Balaban J connectivity index is 0.00000233. The van der Waals surface area contributed by atoms with E-state index in [2.05, 4.69) is 9.98 Å². The lowest BCUT2D eigenvalue weighted by atomic mass is 10.0. The number of pyridine rings is 2. The van der Waals surface area contributed by atoms with E-state index in [0.29, 0.717) is 39.6 Å². The van der Waals surface area contributed by atoms with Gasteiger partial charge in [-0.05, 0) is 51.3 Å². The van der Waals surface area contributed by atoms with Gasteiger partial charge in [0.15, 0.2) is 5.78 Å². The van der Waals surface area contributed by atoms with Crippen LogP contribution in [0.15, 0.2) is 45.5 Å². The van der Waals surface area contributed by atoms with Gasteiger partial charge in [0.1, 0.15) is 10.9 Å². The summed E-state index contributed by atoms with van der Waals surface area (Å²) in [6.45, 7) is 13.6. The standard InChI is InChI=1S/C23H28ClN3O2.C2H6/c1-7-10-20(28)22(14(4)8-2)26-15(5)17(9-3)18-11-16-13-25-21(24)12-19(16)27(6)23(18)29;1-2/h9,11-13H,7-8,10H2,1-6H3;1-2H3/b17-9+,22-14+,26-15+;. The van der Waals surface area contributed by atoms with Gasteiger partial charge in [-0.3, -0.25) is 9.59 Å². The van der Waals surface area contributed by atoms with Gasteiger partial charge in [-0.1, -0.05) is 45.4 Å². The molecule has 0 unspecified atom stereocenters. The van der Waals surface area contributed by atoms with Crippen LogP contribution in [0.3, 0.4) is 0 Å². The van der Waals surface area contributed by atoms with Crippen LogP contribution in [0, 0.1) is 0 Å². The molecule has 168 valence electrons. The molecule has 0 aliphatic carbocycles. The zero-order chi connectivity index (χ0) is 23.7. The van der Waals surface area contributed by atoms with Crippen molar-refractivity contribution < 1.29 is 4.79 Å². The molecule has 2 aromatic heterocycles. The average Bonchev–Trinajstić information content (AvgIpc) is 2.77. The zero-order valence-corrected chi connectivity index (χ0v) is 20.7. The summed E-state index contributed by atoms with van der Waals surface area (Å²) < 4.78 is 1.56. The van der Waals surface area contributed by atoms with Gasteiger partial charge in [-0.2, -0.15) is 0 Å². The van der Waals surface area contributed by atoms with Crippen LogP contribution < -0.4 is 5.56 Å². The van der Waals surface area contributed by atoms with E-state index in [1.807, 2.05) is 54.5 Å². The van der Waals surface area contributed by atoms with Crippen molar-refractivity contribution in [1.82, 2.24) is 9.55 Å². The SMILES string of the molecule is CC.C\C=C(/C(C)=N/C(C(=O)CCC)=C(\C)CC)c1cc2cnc(Cl)cc2n(C)c1=O. The number of hydrogen-bond acceptors (Lipinski definition) is 4. The molecule has 0 N–H and O–H groups in total. The van der Waals surface area contributed by atoms with Crippen molar-refractivity contribution in [3.63, 3.8) is 0 Å². The second-order valence-electron chi connectivity index (χ2n) is 7.04. The number of aromatic nitrogens is 2. The highest BCUT2D eigenvalue weighted by molar-refractivity contribution is 6.30. The normalized spacial score (nSPS) is 12.9. The molecule has 31 heavy (non-hydrogen) atoms. The maximum atomic E-state index is 13.0. The lowest BCUT2D eigenvalue weighted by Gasteiger charge is -2.13. The van der Waals surface area contributed by atoms with Gasteiger partial charge >= 0.3 is 0 Å². The quantitative estimate of drug-likeness (QED) is 0.277. The summed E-state index contributed by atoms with van der Waals surface area (Å²) in [6.07, 6.45) is 5.48. The zero-order valence-electron chi connectivity index (χ0n) is 20.0. The van der Waals surface area contributed by atoms with E-state index in [1.54, 1.807) is 29.9 Å². The summed E-state index contributed by atoms with van der Waals surface area (Å²) in [7, 11) is 1.71. The van der Waals surface area contributed by atoms with Crippen LogP contribution in [-0.2, 0) is 11.8 Å². The third-order valence-electron chi connectivity index (χ3n) is 5.00. The Hall–Kier alpha value is -2.53. The minimum Gasteiger partial charge on any atom is -0.311 e. The van der Waals surface area contributed by atoms with Gasteiger partial charge in [-0.25, -0.2) is 9.98 Å². The number of carbonyl (C=O) groups excluding carboxylic acids is 1. The number of hydrogen-bond donors (Lipinski definition) is 0. The molecule has 0 spiro atoms. The van der Waals surface area contributed by atoms with Crippen molar-refractivity contribution in [3.05, 3.63) is 56.7 Å². The fourth-order valence-electron chi connectivity index (χ4n) is 3.23. The number of fused-ring (bicyclic) bond motifs is 1. The van der Waals surface area contributed by atoms with E-state index in [4.69, 9.17) is 11.6 Å². The van der Waals surface area contributed by atoms with Gasteiger partial charge in [0.2, 0.25) is 0 Å². The number of ketones is 1. The predicted molar refractivity (Wildman–Crippen MR) is 133 cm³/mol. The van der Waals surface area contributed by atoms with Crippen molar-refractivity contribution in [2.24, 2.45) is 12.0 Å². The molecule has 0 aliphatic heterocycles. The minimum absolute atomic E-state index is 0.0342. The summed E-state index contributed by atoms with van der Waals surface area (Å²) in [4.78, 5) is 34.4. The predicted octanol–water partition coefficient (Wildman–Crippen LogP) is 6.53. The fourth-order valence-corrected chi connectivity index (χ4v) is 3.38. The molecule has 2 rings (SSSR count). The lowest BCUT2D eigenvalue weighted by molar-refractivity contribution is -0.115. The smallest absolute Gasteiger partial charge is 0.258 e. The van der Waals surface area contributed by atoms with Crippen LogP contribution in [-0.4, -0.2) is 21.0 Å². The highest BCUT2D eigenvalue weighted by atomic mass is 35.5. The number of Topliss-reactive ketones (excluding diaryl/α,β-unsaturated/α-hetero) is 1. The Bertz CT molecular complexity index is 1090. The van der Waals surface area contributed by atoms with Gasteiger partial charge in [0.05, 0.1) is 5.52 Å². The Labute approximate surface area is 190 Å². The molecule has 5 nitrogen and oxygen atoms in total. The van der Waals surface area contributed by atoms with Gasteiger partial charge in [0.25, 0.3) is 5.56 Å². The molecule has 0 saturated carbocycles. The van der Waals surface area contributed by atoms with Crippen molar-refractivity contribution in [3.8, 4) is 0 Å². The van der Waals surface area contributed by atoms with Crippen LogP contribution in [0.5, 0.6) is 0 Å². The molecular weight excluding hydrogens is 410 g/mol. The number of aryl methyl sites for hydroxylation is 1. The molecule has 0 fully saturated rings. The van der Waals surface area contributed by atoms with Crippen LogP contribution in [0.1, 0.15) is 73.3 Å². The number of carbonyl (C=O) groups is 1. The van der Waals surface area contributed by atoms with Gasteiger partial charge < -0.3 is 4.57 Å². The molecule has 0 atom stereocenters. The van der Waals surface area contributed by atoms with Gasteiger partial charge in [-0.15, -0.1) is 0 Å². The third-order valence-corrected chi connectivity index (χ3v) is 5.21. The van der Waals surface area contributed by atoms with E-state index in [-0.39, 0.29) is 11.3 Å². The van der Waals surface area contributed by atoms with Crippen molar-refractivity contribution >= 4 is 39.6 Å². The van der Waals surface area contributed by atoms with E-state index in [1.165, 1.54) is 0 Å². The van der Waals surface area contributed by atoms with Crippen molar-refractivity contribution in [1.29, 1.82) is 0 Å². The Morgan fingerprint density at radius 1 is 1.23 bits per heavy atom. The third kappa shape index (κ3) is 6.23. The largest absolute Gasteiger partial charge is 0.311 e.